The van der Waals surface area contributed by atoms with Crippen LogP contribution in [-0.2, 0) is 19.1 Å². The first-order chi connectivity index (χ1) is 14.4. The Bertz CT molecular complexity index is 855. The Morgan fingerprint density at radius 3 is 2.58 bits per heavy atom. The van der Waals surface area contributed by atoms with E-state index in [-0.39, 0.29) is 61.3 Å². The van der Waals surface area contributed by atoms with Crippen molar-refractivity contribution < 1.29 is 33.0 Å². The van der Waals surface area contributed by atoms with Gasteiger partial charge in [-0.2, -0.15) is 0 Å². The van der Waals surface area contributed by atoms with Crippen LogP contribution in [0.3, 0.4) is 0 Å². The van der Waals surface area contributed by atoms with Crippen molar-refractivity contribution in [3.63, 3.8) is 0 Å². The van der Waals surface area contributed by atoms with E-state index in [0.717, 1.165) is 0 Å². The molecule has 0 aliphatic heterocycles. The first-order valence-corrected chi connectivity index (χ1v) is 11.3. The first-order valence-electron chi connectivity index (χ1n) is 11.3. The van der Waals surface area contributed by atoms with Crippen LogP contribution < -0.4 is 0 Å². The number of carbonyl (C=O) groups is 3. The molecule has 0 aromatic heterocycles. The van der Waals surface area contributed by atoms with Gasteiger partial charge in [0.2, 0.25) is 0 Å². The van der Waals surface area contributed by atoms with Crippen molar-refractivity contribution in [2.75, 3.05) is 6.61 Å². The third-order valence-corrected chi connectivity index (χ3v) is 9.13. The predicted octanol–water partition coefficient (Wildman–Crippen LogP) is 3.52. The summed E-state index contributed by atoms with van der Waals surface area (Å²) in [4.78, 5) is 36.1. The van der Waals surface area contributed by atoms with E-state index in [4.69, 9.17) is 4.74 Å². The van der Waals surface area contributed by atoms with Crippen LogP contribution in [0.1, 0.15) is 59.8 Å². The van der Waals surface area contributed by atoms with E-state index in [1.54, 1.807) is 6.92 Å². The van der Waals surface area contributed by atoms with Gasteiger partial charge in [-0.15, -0.1) is 0 Å². The number of ether oxygens (including phenoxy) is 1. The summed E-state index contributed by atoms with van der Waals surface area (Å²) in [5.74, 6) is -2.59. The Balaban J connectivity index is 1.74. The van der Waals surface area contributed by atoms with Gasteiger partial charge in [-0.25, -0.2) is 8.78 Å². The molecule has 4 aliphatic rings. The first kappa shape index (κ1) is 22.6. The number of fused-ring (bicyclic) bond motifs is 5. The van der Waals surface area contributed by atoms with Gasteiger partial charge >= 0.3 is 5.97 Å². The Kier molecular flexibility index (Phi) is 5.23. The standard InChI is InChI=1S/C24H32F2O5/c1-12-7-15-16-9-18(25)17-8-14(28)5-6-23(17,4)24(16,26)20(30)10-22(15,3)21(12)19(29)11-31-13(2)27/h8,12,15-16,18,20-21,30H,5-7,9-11H2,1-4H3/t12-,15+,16+,18+,20+,21-,22+,23+,24+/m1/s1. The number of hydrogen-bond acceptors (Lipinski definition) is 5. The highest BCUT2D eigenvalue weighted by Crippen LogP contribution is 2.70. The molecule has 1 N–H and O–H groups in total. The molecular formula is C24H32F2O5. The largest absolute Gasteiger partial charge is 0.458 e. The molecule has 4 rings (SSSR count). The molecule has 3 saturated carbocycles. The monoisotopic (exact) mass is 438 g/mol. The average Bonchev–Trinajstić information content (AvgIpc) is 2.94. The summed E-state index contributed by atoms with van der Waals surface area (Å²) in [7, 11) is 0. The average molecular weight is 439 g/mol. The Morgan fingerprint density at radius 2 is 1.94 bits per heavy atom. The summed E-state index contributed by atoms with van der Waals surface area (Å²) in [5, 5.41) is 11.2. The van der Waals surface area contributed by atoms with Crippen LogP contribution in [0.5, 0.6) is 0 Å². The van der Waals surface area contributed by atoms with E-state index in [9.17, 15) is 19.5 Å². The minimum absolute atomic E-state index is 0.0826. The zero-order chi connectivity index (χ0) is 22.9. The number of allylic oxidation sites excluding steroid dienone is 1. The van der Waals surface area contributed by atoms with Crippen molar-refractivity contribution in [2.45, 2.75) is 77.7 Å². The third-order valence-electron chi connectivity index (χ3n) is 9.13. The number of aliphatic hydroxyl groups excluding tert-OH is 1. The highest BCUT2D eigenvalue weighted by molar-refractivity contribution is 5.92. The highest BCUT2D eigenvalue weighted by Gasteiger charge is 2.73. The number of aliphatic hydroxyl groups is 1. The van der Waals surface area contributed by atoms with Gasteiger partial charge in [-0.1, -0.05) is 20.8 Å². The lowest BCUT2D eigenvalue weighted by Gasteiger charge is -2.63. The molecule has 0 radical (unpaired) electrons. The van der Waals surface area contributed by atoms with Crippen LogP contribution in [0.15, 0.2) is 11.6 Å². The van der Waals surface area contributed by atoms with E-state index >= 15 is 8.78 Å². The molecule has 0 spiro atoms. The lowest BCUT2D eigenvalue weighted by atomic mass is 9.44. The molecule has 5 nitrogen and oxygen atoms in total. The molecule has 7 heteroatoms. The van der Waals surface area contributed by atoms with Crippen LogP contribution in [0, 0.1) is 34.5 Å². The summed E-state index contributed by atoms with van der Waals surface area (Å²) in [5.41, 5.74) is -3.83. The molecule has 0 bridgehead atoms. The van der Waals surface area contributed by atoms with Crippen LogP contribution in [0.25, 0.3) is 0 Å². The second-order valence-electron chi connectivity index (χ2n) is 10.7. The van der Waals surface area contributed by atoms with Crippen LogP contribution in [0.4, 0.5) is 8.78 Å². The molecule has 3 fully saturated rings. The molecule has 31 heavy (non-hydrogen) atoms. The maximum absolute atomic E-state index is 17.0. The Hall–Kier alpha value is -1.63. The summed E-state index contributed by atoms with van der Waals surface area (Å²) < 4.78 is 37.3. The fraction of sp³-hybridized carbons (Fsp3) is 0.792. The molecule has 9 atom stereocenters. The second kappa shape index (κ2) is 7.19. The summed E-state index contributed by atoms with van der Waals surface area (Å²) in [6, 6.07) is 0. The van der Waals surface area contributed by atoms with E-state index < -0.39 is 46.6 Å². The van der Waals surface area contributed by atoms with Gasteiger partial charge in [0.25, 0.3) is 0 Å². The lowest BCUT2D eigenvalue weighted by Crippen LogP contribution is -2.69. The normalized spacial score (nSPS) is 48.9. The van der Waals surface area contributed by atoms with Crippen molar-refractivity contribution in [1.29, 1.82) is 0 Å². The molecule has 172 valence electrons. The molecule has 0 aromatic carbocycles. The Morgan fingerprint density at radius 1 is 1.26 bits per heavy atom. The zero-order valence-electron chi connectivity index (χ0n) is 18.6. The van der Waals surface area contributed by atoms with Gasteiger partial charge in [-0.3, -0.25) is 14.4 Å². The highest BCUT2D eigenvalue weighted by atomic mass is 19.1. The molecule has 0 saturated heterocycles. The molecule has 0 amide bonds. The number of esters is 1. The van der Waals surface area contributed by atoms with Gasteiger partial charge in [0.1, 0.15) is 18.4 Å². The third kappa shape index (κ3) is 2.98. The number of hydrogen-bond donors (Lipinski definition) is 1. The number of alkyl halides is 2. The van der Waals surface area contributed by atoms with Crippen LogP contribution in [0.2, 0.25) is 0 Å². The number of ketones is 2. The van der Waals surface area contributed by atoms with Crippen molar-refractivity contribution in [2.24, 2.45) is 34.5 Å². The predicted molar refractivity (Wildman–Crippen MR) is 108 cm³/mol. The summed E-state index contributed by atoms with van der Waals surface area (Å²) >= 11 is 0. The maximum Gasteiger partial charge on any atom is 0.303 e. The van der Waals surface area contributed by atoms with E-state index in [1.807, 2.05) is 13.8 Å². The molecular weight excluding hydrogens is 406 g/mol. The SMILES string of the molecule is CC(=O)OCC(=O)[C@H]1[C@H](C)C[C@H]2[C@@H]3C[C@H](F)C4=CC(=O)CC[C@]4(C)[C@@]3(F)[C@@H](O)C[C@@]21C. The maximum atomic E-state index is 17.0. The second-order valence-corrected chi connectivity index (χ2v) is 10.7. The van der Waals surface area contributed by atoms with Crippen molar-refractivity contribution in [3.8, 4) is 0 Å². The van der Waals surface area contributed by atoms with Gasteiger partial charge < -0.3 is 9.84 Å². The molecule has 0 unspecified atom stereocenters. The number of carbonyl (C=O) groups excluding carboxylic acids is 3. The summed E-state index contributed by atoms with van der Waals surface area (Å²) in [6.45, 7) is 6.37. The minimum Gasteiger partial charge on any atom is -0.458 e. The fourth-order valence-corrected chi connectivity index (χ4v) is 7.88. The fourth-order valence-electron chi connectivity index (χ4n) is 7.88. The van der Waals surface area contributed by atoms with E-state index in [1.165, 1.54) is 13.0 Å². The molecule has 4 aliphatic carbocycles. The van der Waals surface area contributed by atoms with Crippen LogP contribution in [-0.4, -0.2) is 47.2 Å². The quantitative estimate of drug-likeness (QED) is 0.682. The van der Waals surface area contributed by atoms with Gasteiger partial charge in [0.15, 0.2) is 11.6 Å². The molecule has 0 heterocycles. The van der Waals surface area contributed by atoms with Gasteiger partial charge in [-0.05, 0) is 54.6 Å². The topological polar surface area (TPSA) is 80.7 Å². The van der Waals surface area contributed by atoms with Gasteiger partial charge in [0, 0.05) is 30.6 Å². The van der Waals surface area contributed by atoms with Crippen molar-refractivity contribution >= 4 is 17.5 Å². The van der Waals surface area contributed by atoms with Gasteiger partial charge in [0.05, 0.1) is 6.10 Å². The van der Waals surface area contributed by atoms with Crippen molar-refractivity contribution in [1.82, 2.24) is 0 Å². The van der Waals surface area contributed by atoms with E-state index in [0.29, 0.717) is 6.42 Å². The molecule has 0 aromatic rings. The smallest absolute Gasteiger partial charge is 0.303 e. The minimum atomic E-state index is -2.06. The summed E-state index contributed by atoms with van der Waals surface area (Å²) in [6.07, 6.45) is -0.702. The lowest BCUT2D eigenvalue weighted by molar-refractivity contribution is -0.215. The number of rotatable bonds is 3. The van der Waals surface area contributed by atoms with E-state index in [2.05, 4.69) is 0 Å². The Labute approximate surface area is 181 Å². The van der Waals surface area contributed by atoms with Crippen molar-refractivity contribution in [3.05, 3.63) is 11.6 Å². The number of halogens is 2. The number of Topliss-reactive ketones (excluding diaryl/α,β-unsaturated/α-hetero) is 1. The van der Waals surface area contributed by atoms with Crippen LogP contribution >= 0.6 is 0 Å². The zero-order valence-corrected chi connectivity index (χ0v) is 18.6.